The molecule has 3 aromatic rings. The zero-order valence-electron chi connectivity index (χ0n) is 17.3. The number of fused-ring (bicyclic) bond motifs is 3. The molecule has 7 heteroatoms. The number of aliphatic hydroxyl groups is 1. The molecule has 0 aliphatic heterocycles. The van der Waals surface area contributed by atoms with Crippen LogP contribution in [0, 0.1) is 5.92 Å². The van der Waals surface area contributed by atoms with Gasteiger partial charge in [-0.15, -0.1) is 11.3 Å². The number of rotatable bonds is 9. The highest BCUT2D eigenvalue weighted by Gasteiger charge is 2.24. The summed E-state index contributed by atoms with van der Waals surface area (Å²) < 4.78 is 7.24. The van der Waals surface area contributed by atoms with E-state index in [2.05, 4.69) is 19.1 Å². The van der Waals surface area contributed by atoms with Gasteiger partial charge < -0.3 is 9.84 Å². The lowest BCUT2D eigenvalue weighted by Gasteiger charge is -2.18. The Morgan fingerprint density at radius 1 is 1.30 bits per heavy atom. The minimum atomic E-state index is 0.0236. The average molecular weight is 445 g/mol. The van der Waals surface area contributed by atoms with Crippen LogP contribution in [-0.4, -0.2) is 40.2 Å². The Bertz CT molecular complexity index is 1050. The zero-order chi connectivity index (χ0) is 20.9. The summed E-state index contributed by atoms with van der Waals surface area (Å²) in [5.41, 5.74) is 2.55. The number of hydrogen-bond donors (Lipinski definition) is 1. The van der Waals surface area contributed by atoms with Crippen molar-refractivity contribution in [3.8, 4) is 0 Å². The van der Waals surface area contributed by atoms with Gasteiger partial charge in [-0.2, -0.15) is 0 Å². The van der Waals surface area contributed by atoms with Crippen LogP contribution in [0.1, 0.15) is 29.3 Å². The van der Waals surface area contributed by atoms with Gasteiger partial charge in [-0.3, -0.25) is 9.36 Å². The second-order valence-corrected chi connectivity index (χ2v) is 9.95. The van der Waals surface area contributed by atoms with Gasteiger partial charge in [-0.1, -0.05) is 49.0 Å². The Balaban J connectivity index is 1.66. The maximum atomic E-state index is 13.6. The fraction of sp³-hybridized carbons (Fsp3) is 0.478. The number of aryl methyl sites for hydroxylation is 2. The SMILES string of the molecule is CC1CCc2c(sc3nc(SCCOCCO)n(CCc4ccccc4)c(=O)c23)C1. The maximum Gasteiger partial charge on any atom is 0.263 e. The lowest BCUT2D eigenvalue weighted by atomic mass is 9.89. The topological polar surface area (TPSA) is 64.3 Å². The largest absolute Gasteiger partial charge is 0.394 e. The van der Waals surface area contributed by atoms with E-state index >= 15 is 0 Å². The van der Waals surface area contributed by atoms with Crippen LogP contribution in [-0.2, 0) is 30.5 Å². The van der Waals surface area contributed by atoms with Gasteiger partial charge in [0.25, 0.3) is 5.56 Å². The van der Waals surface area contributed by atoms with Gasteiger partial charge in [0.15, 0.2) is 5.16 Å². The molecule has 0 radical (unpaired) electrons. The molecule has 0 saturated carbocycles. The molecule has 160 valence electrons. The molecular formula is C23H28N2O3S2. The van der Waals surface area contributed by atoms with E-state index in [9.17, 15) is 4.79 Å². The number of ether oxygens (including phenoxy) is 1. The van der Waals surface area contributed by atoms with Crippen molar-refractivity contribution in [3.63, 3.8) is 0 Å². The van der Waals surface area contributed by atoms with Crippen LogP contribution in [0.15, 0.2) is 40.3 Å². The highest BCUT2D eigenvalue weighted by atomic mass is 32.2. The highest BCUT2D eigenvalue weighted by molar-refractivity contribution is 7.99. The monoisotopic (exact) mass is 444 g/mol. The summed E-state index contributed by atoms with van der Waals surface area (Å²) in [7, 11) is 0. The number of benzene rings is 1. The van der Waals surface area contributed by atoms with Crippen molar-refractivity contribution in [2.75, 3.05) is 25.6 Å². The Hall–Kier alpha value is -1.67. The smallest absolute Gasteiger partial charge is 0.263 e. The number of aromatic nitrogens is 2. The molecule has 1 N–H and O–H groups in total. The Morgan fingerprint density at radius 2 is 2.13 bits per heavy atom. The molecule has 0 saturated heterocycles. The van der Waals surface area contributed by atoms with Gasteiger partial charge >= 0.3 is 0 Å². The van der Waals surface area contributed by atoms with Crippen LogP contribution in [0.25, 0.3) is 10.2 Å². The molecular weight excluding hydrogens is 416 g/mol. The Morgan fingerprint density at radius 3 is 2.93 bits per heavy atom. The third-order valence-electron chi connectivity index (χ3n) is 5.54. The first kappa shape index (κ1) is 21.6. The van der Waals surface area contributed by atoms with Crippen molar-refractivity contribution in [3.05, 3.63) is 56.7 Å². The second-order valence-electron chi connectivity index (χ2n) is 7.80. The third-order valence-corrected chi connectivity index (χ3v) is 7.63. The molecule has 0 spiro atoms. The van der Waals surface area contributed by atoms with Crippen molar-refractivity contribution in [1.29, 1.82) is 0 Å². The lowest BCUT2D eigenvalue weighted by Crippen LogP contribution is -2.25. The number of nitrogens with zero attached hydrogens (tertiary/aromatic N) is 2. The van der Waals surface area contributed by atoms with E-state index in [1.54, 1.807) is 23.1 Å². The quantitative estimate of drug-likeness (QED) is 0.308. The molecule has 30 heavy (non-hydrogen) atoms. The van der Waals surface area contributed by atoms with E-state index < -0.39 is 0 Å². The first-order valence-electron chi connectivity index (χ1n) is 10.6. The van der Waals surface area contributed by atoms with Gasteiger partial charge in [0.2, 0.25) is 0 Å². The maximum absolute atomic E-state index is 13.6. The Labute approximate surface area is 185 Å². The fourth-order valence-electron chi connectivity index (χ4n) is 3.96. The van der Waals surface area contributed by atoms with Crippen LogP contribution in [0.2, 0.25) is 0 Å². The summed E-state index contributed by atoms with van der Waals surface area (Å²) in [4.78, 5) is 20.7. The molecule has 4 rings (SSSR count). The minimum Gasteiger partial charge on any atom is -0.394 e. The molecule has 5 nitrogen and oxygen atoms in total. The summed E-state index contributed by atoms with van der Waals surface area (Å²) in [5, 5.41) is 10.5. The minimum absolute atomic E-state index is 0.0236. The van der Waals surface area contributed by atoms with Crippen LogP contribution in [0.4, 0.5) is 0 Å². The van der Waals surface area contributed by atoms with Crippen molar-refractivity contribution in [2.45, 2.75) is 44.3 Å². The van der Waals surface area contributed by atoms with Crippen LogP contribution in [0.3, 0.4) is 0 Å². The van der Waals surface area contributed by atoms with E-state index in [1.807, 2.05) is 22.8 Å². The van der Waals surface area contributed by atoms with Gasteiger partial charge in [0.05, 0.1) is 25.2 Å². The van der Waals surface area contributed by atoms with Gasteiger partial charge in [0.1, 0.15) is 4.83 Å². The van der Waals surface area contributed by atoms with E-state index in [1.165, 1.54) is 16.0 Å². The normalized spacial score (nSPS) is 16.1. The highest BCUT2D eigenvalue weighted by Crippen LogP contribution is 2.36. The molecule has 0 fully saturated rings. The third kappa shape index (κ3) is 4.80. The molecule has 1 unspecified atom stereocenters. The van der Waals surface area contributed by atoms with E-state index in [0.29, 0.717) is 31.4 Å². The number of thioether (sulfide) groups is 1. The number of hydrogen-bond acceptors (Lipinski definition) is 6. The van der Waals surface area contributed by atoms with Gasteiger partial charge in [0, 0.05) is 17.2 Å². The van der Waals surface area contributed by atoms with Crippen LogP contribution >= 0.6 is 23.1 Å². The number of aliphatic hydroxyl groups excluding tert-OH is 1. The lowest BCUT2D eigenvalue weighted by molar-refractivity contribution is 0.103. The molecule has 1 aromatic carbocycles. The van der Waals surface area contributed by atoms with Crippen molar-refractivity contribution < 1.29 is 9.84 Å². The molecule has 1 aliphatic carbocycles. The predicted molar refractivity (Wildman–Crippen MR) is 124 cm³/mol. The molecule has 2 aromatic heterocycles. The average Bonchev–Trinajstić information content (AvgIpc) is 3.11. The summed E-state index contributed by atoms with van der Waals surface area (Å²) in [6, 6.07) is 10.3. The summed E-state index contributed by atoms with van der Waals surface area (Å²) in [5.74, 6) is 1.37. The first-order chi connectivity index (χ1) is 14.7. The predicted octanol–water partition coefficient (Wildman–Crippen LogP) is 3.93. The van der Waals surface area contributed by atoms with Crippen LogP contribution in [0.5, 0.6) is 0 Å². The molecule has 1 atom stereocenters. The van der Waals surface area contributed by atoms with Gasteiger partial charge in [-0.25, -0.2) is 4.98 Å². The Kier molecular flexibility index (Phi) is 7.25. The zero-order valence-corrected chi connectivity index (χ0v) is 18.9. The van der Waals surface area contributed by atoms with Crippen molar-refractivity contribution in [2.24, 2.45) is 5.92 Å². The summed E-state index contributed by atoms with van der Waals surface area (Å²) in [6.45, 7) is 3.79. The molecule has 0 bridgehead atoms. The van der Waals surface area contributed by atoms with Crippen molar-refractivity contribution in [1.82, 2.24) is 9.55 Å². The molecule has 0 amide bonds. The van der Waals surface area contributed by atoms with E-state index in [-0.39, 0.29) is 12.2 Å². The standard InChI is InChI=1S/C23H28N2O3S2/c1-16-7-8-18-19(15-16)30-21-20(18)22(27)25(10-9-17-5-3-2-4-6-17)23(24-21)29-14-13-28-12-11-26/h2-6,16,26H,7-15H2,1H3. The van der Waals surface area contributed by atoms with Gasteiger partial charge in [-0.05, 0) is 42.7 Å². The number of thiophene rings is 1. The first-order valence-corrected chi connectivity index (χ1v) is 12.4. The molecule has 1 aliphatic rings. The fourth-order valence-corrected chi connectivity index (χ4v) is 6.26. The molecule has 2 heterocycles. The van der Waals surface area contributed by atoms with Crippen LogP contribution < -0.4 is 5.56 Å². The van der Waals surface area contributed by atoms with E-state index in [4.69, 9.17) is 14.8 Å². The summed E-state index contributed by atoms with van der Waals surface area (Å²) in [6.07, 6.45) is 3.97. The summed E-state index contributed by atoms with van der Waals surface area (Å²) >= 11 is 3.26. The van der Waals surface area contributed by atoms with Crippen molar-refractivity contribution >= 4 is 33.3 Å². The van der Waals surface area contributed by atoms with E-state index in [0.717, 1.165) is 41.1 Å². The second kappa shape index (κ2) is 10.1.